The summed E-state index contributed by atoms with van der Waals surface area (Å²) in [7, 11) is 0. The summed E-state index contributed by atoms with van der Waals surface area (Å²) in [5.41, 5.74) is 20.1. The number of para-hydroxylation sites is 2. The average Bonchev–Trinajstić information content (AvgIpc) is 3.73. The van der Waals surface area contributed by atoms with Crippen molar-refractivity contribution in [3.63, 3.8) is 0 Å². The summed E-state index contributed by atoms with van der Waals surface area (Å²) in [6, 6.07) is 71.7. The van der Waals surface area contributed by atoms with E-state index in [1.165, 1.54) is 82.7 Å². The number of anilines is 3. The lowest BCUT2D eigenvalue weighted by atomic mass is 9.80. The molecular weight excluding hydrogens is 739 g/mol. The fraction of sp³-hybridized carbons (Fsp3) is 0.119. The van der Waals surface area contributed by atoms with Crippen LogP contribution in [0.5, 0.6) is 0 Å². The van der Waals surface area contributed by atoms with Gasteiger partial charge in [-0.25, -0.2) is 0 Å². The molecule has 2 aliphatic carbocycles. The molecule has 1 unspecified atom stereocenters. The lowest BCUT2D eigenvalue weighted by Crippen LogP contribution is -2.14. The maximum absolute atomic E-state index is 6.73. The minimum atomic E-state index is -0.0998. The third kappa shape index (κ3) is 5.77. The molecule has 0 radical (unpaired) electrons. The summed E-state index contributed by atoms with van der Waals surface area (Å²) in [4.78, 5) is 2.37. The number of benzene rings is 9. The highest BCUT2D eigenvalue weighted by molar-refractivity contribution is 6.17. The van der Waals surface area contributed by atoms with E-state index in [1.807, 2.05) is 0 Å². The Balaban J connectivity index is 0.961. The molecule has 0 fully saturated rings. The first-order valence-corrected chi connectivity index (χ1v) is 21.7. The number of nitrogens with zero attached hydrogens (tertiary/aromatic N) is 1. The lowest BCUT2D eigenvalue weighted by Gasteiger charge is -2.26. The van der Waals surface area contributed by atoms with E-state index in [0.29, 0.717) is 5.92 Å². The van der Waals surface area contributed by atoms with Gasteiger partial charge in [0, 0.05) is 38.8 Å². The normalized spacial score (nSPS) is 15.0. The molecular formula is C59H45NO. The topological polar surface area (TPSA) is 16.4 Å². The Morgan fingerprint density at radius 2 is 1.21 bits per heavy atom. The molecule has 0 N–H and O–H groups in total. The zero-order valence-electron chi connectivity index (χ0n) is 34.5. The molecule has 10 aromatic rings. The first kappa shape index (κ1) is 35.8. The summed E-state index contributed by atoms with van der Waals surface area (Å²) in [5.74, 6) is 0.351. The second-order valence-electron chi connectivity index (χ2n) is 17.6. The van der Waals surface area contributed by atoms with Gasteiger partial charge in [-0.3, -0.25) is 0 Å². The van der Waals surface area contributed by atoms with Gasteiger partial charge < -0.3 is 9.32 Å². The van der Waals surface area contributed by atoms with Crippen LogP contribution >= 0.6 is 0 Å². The first-order valence-electron chi connectivity index (χ1n) is 21.7. The smallest absolute Gasteiger partial charge is 0.136 e. The van der Waals surface area contributed by atoms with E-state index >= 15 is 0 Å². The first-order chi connectivity index (χ1) is 30.0. The van der Waals surface area contributed by atoms with Gasteiger partial charge in [0.1, 0.15) is 11.2 Å². The van der Waals surface area contributed by atoms with Gasteiger partial charge in [-0.15, -0.1) is 0 Å². The maximum Gasteiger partial charge on any atom is 0.136 e. The van der Waals surface area contributed by atoms with Crippen molar-refractivity contribution in [3.8, 4) is 33.4 Å². The number of rotatable bonds is 6. The van der Waals surface area contributed by atoms with E-state index in [9.17, 15) is 0 Å². The third-order valence-electron chi connectivity index (χ3n) is 13.7. The molecule has 2 aliphatic rings. The van der Waals surface area contributed by atoms with E-state index in [4.69, 9.17) is 4.42 Å². The van der Waals surface area contributed by atoms with Gasteiger partial charge in [-0.05, 0) is 146 Å². The highest BCUT2D eigenvalue weighted by Gasteiger charge is 2.36. The van der Waals surface area contributed by atoms with Gasteiger partial charge in [0.15, 0.2) is 0 Å². The Labute approximate surface area is 357 Å². The number of furan rings is 1. The van der Waals surface area contributed by atoms with E-state index in [-0.39, 0.29) is 5.41 Å². The molecule has 12 rings (SSSR count). The van der Waals surface area contributed by atoms with Crippen molar-refractivity contribution < 1.29 is 4.42 Å². The lowest BCUT2D eigenvalue weighted by molar-refractivity contribution is 0.627. The molecule has 292 valence electrons. The summed E-state index contributed by atoms with van der Waals surface area (Å²) in [6.07, 6.45) is 2.99. The summed E-state index contributed by atoms with van der Waals surface area (Å²) in [6.45, 7) is 4.76. The van der Waals surface area contributed by atoms with Crippen LogP contribution in [0.3, 0.4) is 0 Å². The fourth-order valence-corrected chi connectivity index (χ4v) is 10.8. The Morgan fingerprint density at radius 3 is 2.08 bits per heavy atom. The number of aryl methyl sites for hydroxylation is 1. The van der Waals surface area contributed by atoms with Crippen molar-refractivity contribution in [1.82, 2.24) is 0 Å². The van der Waals surface area contributed by atoms with E-state index in [2.05, 4.69) is 213 Å². The summed E-state index contributed by atoms with van der Waals surface area (Å²) in [5, 5.41) is 4.86. The Morgan fingerprint density at radius 1 is 0.525 bits per heavy atom. The molecule has 9 aromatic carbocycles. The van der Waals surface area contributed by atoms with Crippen molar-refractivity contribution in [2.75, 3.05) is 4.90 Å². The van der Waals surface area contributed by atoms with Crippen LogP contribution in [-0.2, 0) is 18.3 Å². The van der Waals surface area contributed by atoms with Gasteiger partial charge in [0.05, 0.1) is 0 Å². The van der Waals surface area contributed by atoms with Crippen molar-refractivity contribution in [2.45, 2.75) is 44.4 Å². The Bertz CT molecular complexity index is 3320. The van der Waals surface area contributed by atoms with Crippen molar-refractivity contribution in [1.29, 1.82) is 0 Å². The van der Waals surface area contributed by atoms with Crippen LogP contribution in [0.1, 0.15) is 54.0 Å². The van der Waals surface area contributed by atoms with E-state index in [1.54, 1.807) is 0 Å². The summed E-state index contributed by atoms with van der Waals surface area (Å²) < 4.78 is 6.73. The minimum Gasteiger partial charge on any atom is -0.456 e. The quantitative estimate of drug-likeness (QED) is 0.167. The number of hydrogen-bond donors (Lipinski definition) is 0. The largest absolute Gasteiger partial charge is 0.456 e. The van der Waals surface area contributed by atoms with Gasteiger partial charge in [-0.1, -0.05) is 153 Å². The molecule has 0 spiro atoms. The van der Waals surface area contributed by atoms with E-state index < -0.39 is 0 Å². The van der Waals surface area contributed by atoms with E-state index in [0.717, 1.165) is 47.5 Å². The van der Waals surface area contributed by atoms with Crippen LogP contribution in [0.25, 0.3) is 66.1 Å². The average molecular weight is 784 g/mol. The molecule has 2 nitrogen and oxygen atoms in total. The molecule has 0 saturated heterocycles. The Kier molecular flexibility index (Phi) is 8.19. The molecule has 0 saturated carbocycles. The molecule has 61 heavy (non-hydrogen) atoms. The van der Waals surface area contributed by atoms with Crippen LogP contribution in [0.15, 0.2) is 199 Å². The molecule has 1 aromatic heterocycles. The molecule has 0 bridgehead atoms. The van der Waals surface area contributed by atoms with Gasteiger partial charge in [-0.2, -0.15) is 0 Å². The number of hydrogen-bond acceptors (Lipinski definition) is 2. The highest BCUT2D eigenvalue weighted by atomic mass is 16.3. The third-order valence-corrected chi connectivity index (χ3v) is 13.7. The van der Waals surface area contributed by atoms with Gasteiger partial charge in [0.2, 0.25) is 0 Å². The standard InChI is InChI=1S/C59H45NO/c1-59(2)52-22-12-10-19-48(52)49-33-29-42(36-53(49)59)57-56-43(37-55-58(57)51-21-11-13-23-54(51)61-55)27-26-41(47-18-8-9-20-50(47)56)34-38-24-30-45(31-25-38)60(44-16-4-3-5-17-44)46-32-28-39-14-6-7-15-40(39)35-46/h3-25,28-33,35-37,41H,26-27,34H2,1-2H3. The van der Waals surface area contributed by atoms with Gasteiger partial charge in [0.25, 0.3) is 0 Å². The van der Waals surface area contributed by atoms with Crippen LogP contribution in [0.4, 0.5) is 17.1 Å². The molecule has 0 amide bonds. The zero-order valence-corrected chi connectivity index (χ0v) is 34.5. The molecule has 0 aliphatic heterocycles. The second kappa shape index (κ2) is 14.0. The van der Waals surface area contributed by atoms with Crippen LogP contribution < -0.4 is 4.90 Å². The van der Waals surface area contributed by atoms with Crippen molar-refractivity contribution in [2.24, 2.45) is 0 Å². The molecule has 1 heterocycles. The zero-order chi connectivity index (χ0) is 40.7. The maximum atomic E-state index is 6.73. The van der Waals surface area contributed by atoms with Crippen LogP contribution in [0, 0.1) is 0 Å². The van der Waals surface area contributed by atoms with Crippen LogP contribution in [0.2, 0.25) is 0 Å². The summed E-state index contributed by atoms with van der Waals surface area (Å²) >= 11 is 0. The molecule has 1 atom stereocenters. The molecule has 2 heteroatoms. The SMILES string of the molecule is CC1(C)c2ccccc2-c2ccc(-c3c4c(cc5oc6ccccc6c35)CCC(Cc3ccc(N(c5ccccc5)c5ccc6ccccc6c5)cc3)c3ccccc3-4)cc21. The van der Waals surface area contributed by atoms with Crippen molar-refractivity contribution in [3.05, 3.63) is 222 Å². The monoisotopic (exact) mass is 783 g/mol. The second-order valence-corrected chi connectivity index (χ2v) is 17.6. The highest BCUT2D eigenvalue weighted by Crippen LogP contribution is 2.53. The predicted molar refractivity (Wildman–Crippen MR) is 256 cm³/mol. The minimum absolute atomic E-state index is 0.0998. The predicted octanol–water partition coefficient (Wildman–Crippen LogP) is 16.1. The van der Waals surface area contributed by atoms with Crippen LogP contribution in [-0.4, -0.2) is 0 Å². The Hall–Kier alpha value is -7.16. The van der Waals surface area contributed by atoms with Crippen molar-refractivity contribution >= 4 is 49.8 Å². The number of fused-ring (bicyclic) bond motifs is 10. The fourth-order valence-electron chi connectivity index (χ4n) is 10.8. The van der Waals surface area contributed by atoms with Gasteiger partial charge >= 0.3 is 0 Å².